The van der Waals surface area contributed by atoms with Gasteiger partial charge in [-0.3, -0.25) is 0 Å². The van der Waals surface area contributed by atoms with Gasteiger partial charge in [-0.1, -0.05) is 26.7 Å². The van der Waals surface area contributed by atoms with E-state index in [-0.39, 0.29) is 23.4 Å². The van der Waals surface area contributed by atoms with E-state index < -0.39 is 19.8 Å². The first kappa shape index (κ1) is 38.3. The second-order valence-corrected chi connectivity index (χ2v) is 27.3. The molecule has 0 N–H and O–H groups in total. The predicted molar refractivity (Wildman–Crippen MR) is 219 cm³/mol. The summed E-state index contributed by atoms with van der Waals surface area (Å²) < 4.78 is 9.48. The Bertz CT molecular complexity index is 1220. The van der Waals surface area contributed by atoms with Gasteiger partial charge in [0.05, 0.1) is 0 Å². The molecular formula is C43H74IN2O3P. The van der Waals surface area contributed by atoms with E-state index >= 15 is 0 Å². The van der Waals surface area contributed by atoms with Gasteiger partial charge in [-0.2, -0.15) is 0 Å². The summed E-state index contributed by atoms with van der Waals surface area (Å²) in [7, 11) is 2.83. The van der Waals surface area contributed by atoms with Crippen LogP contribution in [0.5, 0.6) is 0 Å². The Kier molecular flexibility index (Phi) is 11.7. The maximum absolute atomic E-state index is 14.8. The Hall–Kier alpha value is 0.0600. The third-order valence-corrected chi connectivity index (χ3v) is 26.0. The fourth-order valence-electron chi connectivity index (χ4n) is 13.2. The molecule has 4 heterocycles. The predicted octanol–water partition coefficient (Wildman–Crippen LogP) is 9.77. The third kappa shape index (κ3) is 7.14. The van der Waals surface area contributed by atoms with Crippen molar-refractivity contribution in [2.45, 2.75) is 176 Å². The zero-order valence-corrected chi connectivity index (χ0v) is 36.2. The average Bonchev–Trinajstić information content (AvgIpc) is 3.46. The number of carbonyl (C=O) groups excluding carboxylic acids is 2. The van der Waals surface area contributed by atoms with Crippen molar-refractivity contribution < 1.29 is 14.3 Å². The number of likely N-dealkylation sites (tertiary alicyclic amines) is 2. The zero-order chi connectivity index (χ0) is 35.4. The fraction of sp³-hybridized carbons (Fsp3) is 0.953. The molecule has 1 amide bonds. The molecule has 286 valence electrons. The number of hydrogen-bond donors (Lipinski definition) is 0. The molecule has 8 fully saturated rings. The van der Waals surface area contributed by atoms with E-state index in [2.05, 4.69) is 53.7 Å². The second kappa shape index (κ2) is 15.3. The minimum Gasteiger partial charge on any atom is -0.0625 e. The summed E-state index contributed by atoms with van der Waals surface area (Å²) in [6.45, 7) is 18.9. The van der Waals surface area contributed by atoms with Gasteiger partial charge in [0.15, 0.2) is 0 Å². The van der Waals surface area contributed by atoms with Gasteiger partial charge in [-0.15, -0.1) is 9.24 Å². The second-order valence-electron chi connectivity index (χ2n) is 19.6. The van der Waals surface area contributed by atoms with Crippen LogP contribution in [0.15, 0.2) is 0 Å². The molecule has 0 aromatic heterocycles. The summed E-state index contributed by atoms with van der Waals surface area (Å²) in [6.07, 6.45) is 21.8. The topological polar surface area (TPSA) is 49.9 Å². The van der Waals surface area contributed by atoms with Crippen molar-refractivity contribution in [3.8, 4) is 0 Å². The molecule has 0 aromatic rings. The summed E-state index contributed by atoms with van der Waals surface area (Å²) >= 11 is -1.34. The van der Waals surface area contributed by atoms with Crippen LogP contribution < -0.4 is 0 Å². The number of nitrogens with zero attached hydrogens (tertiary/aromatic N) is 2. The Balaban J connectivity index is 0.000000916. The minimum absolute atomic E-state index is 0.00109. The number of rotatable bonds is 7. The first-order valence-corrected chi connectivity index (χ1v) is 26.2. The smallest absolute Gasteiger partial charge is 0.0443 e. The van der Waals surface area contributed by atoms with Gasteiger partial charge >= 0.3 is 276 Å². The van der Waals surface area contributed by atoms with Crippen LogP contribution in [0.25, 0.3) is 0 Å². The third-order valence-electron chi connectivity index (χ3n) is 16.1. The average molecular weight is 825 g/mol. The number of ether oxygens (including phenoxy) is 1. The molecule has 7 heteroatoms. The standard InChI is InChI=1S/C39H66IN2O3P.C4H8/c1-26(24-27(2)46)35(43)45-31-13-18-37(4)30(28(31)3)12-17-38(5)32(37)15-20-40-33(38)14-19-39(16-8-11-34(39)40)36(44)42-23-9-10-29(42)25-41-21-6-7-22-41;1-4-2-3-4/h26-34H,6-25,46H2,1-5H3;4H,2-3H2,1H3. The number of halogens is 1. The summed E-state index contributed by atoms with van der Waals surface area (Å²) in [5, 5.41) is 0. The molecule has 0 radical (unpaired) electrons. The van der Waals surface area contributed by atoms with Crippen LogP contribution in [0, 0.1) is 45.8 Å². The number of amides is 1. The number of alkyl halides is 3. The van der Waals surface area contributed by atoms with Crippen molar-refractivity contribution in [2.75, 3.05) is 30.6 Å². The van der Waals surface area contributed by atoms with E-state index in [0.717, 1.165) is 45.6 Å². The van der Waals surface area contributed by atoms with Crippen LogP contribution in [-0.4, -0.2) is 77.9 Å². The summed E-state index contributed by atoms with van der Waals surface area (Å²) in [4.78, 5) is 33.0. The van der Waals surface area contributed by atoms with Gasteiger partial charge in [-0.25, -0.2) is 0 Å². The van der Waals surface area contributed by atoms with E-state index in [1.165, 1.54) is 114 Å². The van der Waals surface area contributed by atoms with Crippen molar-refractivity contribution in [1.29, 1.82) is 0 Å². The fourth-order valence-corrected chi connectivity index (χ4v) is 24.9. The van der Waals surface area contributed by atoms with Crippen LogP contribution in [0.4, 0.5) is 0 Å². The number of carbonyl (C=O) groups is 2. The van der Waals surface area contributed by atoms with E-state index in [0.29, 0.717) is 40.3 Å². The number of hydrogen-bond acceptors (Lipinski definition) is 4. The van der Waals surface area contributed by atoms with Crippen LogP contribution in [-0.2, 0) is 14.3 Å². The Morgan fingerprint density at radius 2 is 1.54 bits per heavy atom. The van der Waals surface area contributed by atoms with Crippen LogP contribution in [0.1, 0.15) is 151 Å². The Labute approximate surface area is 316 Å². The maximum Gasteiger partial charge on any atom is -0.0443 e. The van der Waals surface area contributed by atoms with Crippen molar-refractivity contribution >= 4 is 40.9 Å². The van der Waals surface area contributed by atoms with E-state index in [4.69, 9.17) is 4.74 Å². The molecule has 8 aliphatic rings. The minimum atomic E-state index is -1.34. The van der Waals surface area contributed by atoms with Gasteiger partial charge in [0.2, 0.25) is 0 Å². The maximum atomic E-state index is 14.8. The van der Waals surface area contributed by atoms with Crippen molar-refractivity contribution in [3.63, 3.8) is 0 Å². The molecule has 0 aromatic carbocycles. The molecular weight excluding hydrogens is 750 g/mol. The normalized spacial score (nSPS) is 44.6. The summed E-state index contributed by atoms with van der Waals surface area (Å²) in [6, 6.07) is 0.472. The Morgan fingerprint density at radius 1 is 0.820 bits per heavy atom. The van der Waals surface area contributed by atoms with E-state index in [1.54, 1.807) is 0 Å². The molecule has 0 spiro atoms. The molecule has 13 unspecified atom stereocenters. The van der Waals surface area contributed by atoms with Gasteiger partial charge in [-0.05, 0) is 5.92 Å². The van der Waals surface area contributed by atoms with Crippen molar-refractivity contribution in [3.05, 3.63) is 0 Å². The van der Waals surface area contributed by atoms with Gasteiger partial charge < -0.3 is 0 Å². The number of fused-ring (bicyclic) bond motifs is 7. The largest absolute Gasteiger partial charge is 0.0625 e. The quantitative estimate of drug-likeness (QED) is 0.111. The molecule has 4 saturated carbocycles. The monoisotopic (exact) mass is 824 g/mol. The summed E-state index contributed by atoms with van der Waals surface area (Å²) in [5.74, 6) is 3.61. The molecule has 0 bridgehead atoms. The molecule has 4 saturated heterocycles. The van der Waals surface area contributed by atoms with Gasteiger partial charge in [0, 0.05) is 0 Å². The van der Waals surface area contributed by atoms with Crippen LogP contribution >= 0.6 is 29.1 Å². The molecule has 8 rings (SSSR count). The molecule has 4 aliphatic heterocycles. The molecule has 13 atom stereocenters. The first-order chi connectivity index (χ1) is 23.9. The van der Waals surface area contributed by atoms with Gasteiger partial charge in [0.25, 0.3) is 0 Å². The van der Waals surface area contributed by atoms with Crippen LogP contribution in [0.2, 0.25) is 0 Å². The summed E-state index contributed by atoms with van der Waals surface area (Å²) in [5.41, 5.74) is 1.25. The first-order valence-electron chi connectivity index (χ1n) is 21.5. The van der Waals surface area contributed by atoms with E-state index in [9.17, 15) is 9.59 Å². The number of esters is 1. The molecule has 50 heavy (non-hydrogen) atoms. The molecule has 5 nitrogen and oxygen atoms in total. The molecule has 4 aliphatic carbocycles. The van der Waals surface area contributed by atoms with Crippen molar-refractivity contribution in [2.24, 2.45) is 45.8 Å². The Morgan fingerprint density at radius 3 is 2.24 bits per heavy atom. The van der Waals surface area contributed by atoms with E-state index in [1.807, 2.05) is 6.92 Å². The van der Waals surface area contributed by atoms with Crippen LogP contribution in [0.3, 0.4) is 0 Å². The van der Waals surface area contributed by atoms with Crippen molar-refractivity contribution in [1.82, 2.24) is 9.80 Å². The SMILES string of the molecule is CC(P)CC(C)C(=O)OC1CCC2(C)C(CCC3(C)C4CCC5(C(=O)N6CCCC6CN6CCCC6)CCCC5I4CCC23)C1C.CC1CC1. The zero-order valence-electron chi connectivity index (χ0n) is 32.9. The van der Waals surface area contributed by atoms with Gasteiger partial charge in [0.1, 0.15) is 0 Å².